The van der Waals surface area contributed by atoms with Crippen LogP contribution < -0.4 is 0 Å². The number of ether oxygens (including phenoxy) is 1. The Morgan fingerprint density at radius 2 is 1.95 bits per heavy atom. The molecule has 0 aliphatic carbocycles. The number of carboxylic acid groups (broad SMARTS) is 1. The minimum atomic E-state index is -4.38. The molecule has 0 radical (unpaired) electrons. The van der Waals surface area contributed by atoms with Crippen LogP contribution in [0.25, 0.3) is 0 Å². The summed E-state index contributed by atoms with van der Waals surface area (Å²) in [6.07, 6.45) is -5.95. The molecule has 1 aromatic carbocycles. The van der Waals surface area contributed by atoms with E-state index in [9.17, 15) is 18.0 Å². The zero-order valence-electron chi connectivity index (χ0n) is 9.85. The van der Waals surface area contributed by atoms with Gasteiger partial charge >= 0.3 is 12.3 Å². The number of benzene rings is 1. The Hall–Kier alpha value is -1.76. The zero-order chi connectivity index (χ0) is 14.0. The number of amides is 1. The summed E-state index contributed by atoms with van der Waals surface area (Å²) in [5, 5.41) is 8.88. The van der Waals surface area contributed by atoms with Gasteiger partial charge in [0.05, 0.1) is 18.7 Å². The Kier molecular flexibility index (Phi) is 3.66. The number of rotatable bonds is 1. The summed E-state index contributed by atoms with van der Waals surface area (Å²) in [7, 11) is 0. The molecule has 4 nitrogen and oxygen atoms in total. The van der Waals surface area contributed by atoms with Crippen LogP contribution in [0.1, 0.15) is 17.2 Å². The first-order chi connectivity index (χ1) is 8.88. The summed E-state index contributed by atoms with van der Waals surface area (Å²) in [6.45, 7) is 0.630. The third-order valence-electron chi connectivity index (χ3n) is 2.95. The molecule has 1 heterocycles. The molecule has 1 unspecified atom stereocenters. The lowest BCUT2D eigenvalue weighted by Crippen LogP contribution is -2.41. The van der Waals surface area contributed by atoms with Gasteiger partial charge in [0.1, 0.15) is 6.10 Å². The standard InChI is InChI=1S/C12H12F3NO3/c13-12(14,15)9-3-1-8(2-4-9)10-7-16(11(17)18)5-6-19-10/h1-4,10H,5-7H2,(H,17,18). The fourth-order valence-corrected chi connectivity index (χ4v) is 1.91. The van der Waals surface area contributed by atoms with Crippen molar-refractivity contribution in [3.8, 4) is 0 Å². The SMILES string of the molecule is O=C(O)N1CCOC(c2ccc(C(F)(F)F)cc2)C1. The minimum Gasteiger partial charge on any atom is -0.465 e. The number of hydrogen-bond acceptors (Lipinski definition) is 2. The number of morpholine rings is 1. The van der Waals surface area contributed by atoms with E-state index in [1.807, 2.05) is 0 Å². The van der Waals surface area contributed by atoms with Crippen molar-refractivity contribution < 1.29 is 27.8 Å². The monoisotopic (exact) mass is 275 g/mol. The molecular weight excluding hydrogens is 263 g/mol. The van der Waals surface area contributed by atoms with Crippen molar-refractivity contribution in [2.24, 2.45) is 0 Å². The number of halogens is 3. The van der Waals surface area contributed by atoms with Gasteiger partial charge in [-0.25, -0.2) is 4.79 Å². The average Bonchev–Trinajstić information content (AvgIpc) is 2.38. The molecule has 1 saturated heterocycles. The van der Waals surface area contributed by atoms with E-state index in [0.717, 1.165) is 12.1 Å². The van der Waals surface area contributed by atoms with Gasteiger partial charge in [-0.05, 0) is 17.7 Å². The average molecular weight is 275 g/mol. The molecular formula is C12H12F3NO3. The smallest absolute Gasteiger partial charge is 0.416 e. The second kappa shape index (κ2) is 5.08. The predicted molar refractivity (Wildman–Crippen MR) is 59.7 cm³/mol. The molecule has 7 heteroatoms. The van der Waals surface area contributed by atoms with Crippen molar-refractivity contribution in [3.63, 3.8) is 0 Å². The minimum absolute atomic E-state index is 0.126. The van der Waals surface area contributed by atoms with Gasteiger partial charge < -0.3 is 14.7 Å². The second-order valence-electron chi connectivity index (χ2n) is 4.21. The van der Waals surface area contributed by atoms with Crippen LogP contribution in [0.4, 0.5) is 18.0 Å². The molecule has 104 valence electrons. The van der Waals surface area contributed by atoms with E-state index in [-0.39, 0.29) is 19.7 Å². The third-order valence-corrected chi connectivity index (χ3v) is 2.95. The largest absolute Gasteiger partial charge is 0.465 e. The van der Waals surface area contributed by atoms with Gasteiger partial charge in [0.2, 0.25) is 0 Å². The van der Waals surface area contributed by atoms with Crippen LogP contribution in [0.3, 0.4) is 0 Å². The fraction of sp³-hybridized carbons (Fsp3) is 0.417. The highest BCUT2D eigenvalue weighted by atomic mass is 19.4. The van der Waals surface area contributed by atoms with Crippen molar-refractivity contribution >= 4 is 6.09 Å². The van der Waals surface area contributed by atoms with Gasteiger partial charge in [-0.3, -0.25) is 0 Å². The first kappa shape index (κ1) is 13.7. The van der Waals surface area contributed by atoms with Gasteiger partial charge in [0.15, 0.2) is 0 Å². The molecule has 0 bridgehead atoms. The lowest BCUT2D eigenvalue weighted by Gasteiger charge is -2.31. The topological polar surface area (TPSA) is 49.8 Å². The molecule has 2 rings (SSSR count). The predicted octanol–water partition coefficient (Wildman–Crippen LogP) is 2.76. The van der Waals surface area contributed by atoms with Gasteiger partial charge in [0.25, 0.3) is 0 Å². The van der Waals surface area contributed by atoms with Crippen molar-refractivity contribution in [1.82, 2.24) is 4.90 Å². The Balaban J connectivity index is 2.12. The first-order valence-electron chi connectivity index (χ1n) is 5.64. The van der Waals surface area contributed by atoms with E-state index in [2.05, 4.69) is 0 Å². The molecule has 0 saturated carbocycles. The Morgan fingerprint density at radius 1 is 1.32 bits per heavy atom. The maximum Gasteiger partial charge on any atom is 0.416 e. The maximum atomic E-state index is 12.4. The summed E-state index contributed by atoms with van der Waals surface area (Å²) < 4.78 is 42.6. The summed E-state index contributed by atoms with van der Waals surface area (Å²) in [5.41, 5.74) is -0.193. The normalized spacial score (nSPS) is 20.4. The number of carbonyl (C=O) groups is 1. The van der Waals surface area contributed by atoms with Crippen molar-refractivity contribution in [2.45, 2.75) is 12.3 Å². The summed E-state index contributed by atoms with van der Waals surface area (Å²) in [4.78, 5) is 12.0. The van der Waals surface area contributed by atoms with Crippen molar-refractivity contribution in [3.05, 3.63) is 35.4 Å². The van der Waals surface area contributed by atoms with Crippen LogP contribution in [-0.4, -0.2) is 35.8 Å². The van der Waals surface area contributed by atoms with E-state index in [1.54, 1.807) is 0 Å². The highest BCUT2D eigenvalue weighted by Crippen LogP contribution is 2.31. The second-order valence-corrected chi connectivity index (χ2v) is 4.21. The van der Waals surface area contributed by atoms with Crippen LogP contribution in [0.15, 0.2) is 24.3 Å². The van der Waals surface area contributed by atoms with Gasteiger partial charge in [-0.2, -0.15) is 13.2 Å². The number of hydrogen-bond donors (Lipinski definition) is 1. The van der Waals surface area contributed by atoms with Crippen LogP contribution in [0, 0.1) is 0 Å². The van der Waals surface area contributed by atoms with E-state index in [4.69, 9.17) is 9.84 Å². The molecule has 0 spiro atoms. The van der Waals surface area contributed by atoms with E-state index in [0.29, 0.717) is 5.56 Å². The van der Waals surface area contributed by atoms with E-state index >= 15 is 0 Å². The van der Waals surface area contributed by atoms with Crippen molar-refractivity contribution in [1.29, 1.82) is 0 Å². The fourth-order valence-electron chi connectivity index (χ4n) is 1.91. The van der Waals surface area contributed by atoms with Crippen LogP contribution in [0.2, 0.25) is 0 Å². The molecule has 1 aromatic rings. The number of alkyl halides is 3. The molecule has 0 aromatic heterocycles. The lowest BCUT2D eigenvalue weighted by atomic mass is 10.1. The quantitative estimate of drug-likeness (QED) is 0.857. The summed E-state index contributed by atoms with van der Waals surface area (Å²) in [5.74, 6) is 0. The van der Waals surface area contributed by atoms with Gasteiger partial charge in [0, 0.05) is 6.54 Å². The van der Waals surface area contributed by atoms with E-state index < -0.39 is 23.9 Å². The van der Waals surface area contributed by atoms with E-state index in [1.165, 1.54) is 17.0 Å². The maximum absolute atomic E-state index is 12.4. The number of nitrogens with zero attached hydrogens (tertiary/aromatic N) is 1. The van der Waals surface area contributed by atoms with Crippen LogP contribution >= 0.6 is 0 Å². The molecule has 1 fully saturated rings. The molecule has 1 amide bonds. The molecule has 1 aliphatic rings. The molecule has 19 heavy (non-hydrogen) atoms. The highest BCUT2D eigenvalue weighted by Gasteiger charge is 2.31. The third kappa shape index (κ3) is 3.17. The van der Waals surface area contributed by atoms with Crippen molar-refractivity contribution in [2.75, 3.05) is 19.7 Å². The zero-order valence-corrected chi connectivity index (χ0v) is 9.85. The Bertz CT molecular complexity index is 458. The first-order valence-corrected chi connectivity index (χ1v) is 5.64. The lowest BCUT2D eigenvalue weighted by molar-refractivity contribution is -0.137. The highest BCUT2D eigenvalue weighted by molar-refractivity contribution is 5.65. The summed E-state index contributed by atoms with van der Waals surface area (Å²) >= 11 is 0. The Labute approximate surface area is 107 Å². The summed E-state index contributed by atoms with van der Waals surface area (Å²) in [6, 6.07) is 4.58. The molecule has 1 aliphatic heterocycles. The molecule has 1 atom stereocenters. The Morgan fingerprint density at radius 3 is 2.47 bits per heavy atom. The van der Waals surface area contributed by atoms with Gasteiger partial charge in [-0.15, -0.1) is 0 Å². The van der Waals surface area contributed by atoms with Crippen LogP contribution in [0.5, 0.6) is 0 Å². The van der Waals surface area contributed by atoms with Gasteiger partial charge in [-0.1, -0.05) is 12.1 Å². The van der Waals surface area contributed by atoms with Crippen LogP contribution in [-0.2, 0) is 10.9 Å². The molecule has 1 N–H and O–H groups in total.